The summed E-state index contributed by atoms with van der Waals surface area (Å²) in [6, 6.07) is 0. The second-order valence-corrected chi connectivity index (χ2v) is 5.55. The van der Waals surface area contributed by atoms with Gasteiger partial charge in [0, 0.05) is 6.42 Å². The third-order valence-electron chi connectivity index (χ3n) is 2.42. The molecule has 1 atom stereocenters. The largest absolute Gasteiger partial charge is 0.315 e. The average molecular weight is 210 g/mol. The van der Waals surface area contributed by atoms with E-state index in [1.165, 1.54) is 4.90 Å². The van der Waals surface area contributed by atoms with Gasteiger partial charge < -0.3 is 4.90 Å². The van der Waals surface area contributed by atoms with Gasteiger partial charge >= 0.3 is 0 Å². The minimum Gasteiger partial charge on any atom is -0.315 e. The monoisotopic (exact) mass is 210 g/mol. The maximum absolute atomic E-state index is 11.7. The fourth-order valence-corrected chi connectivity index (χ4v) is 1.48. The van der Waals surface area contributed by atoms with Crippen LogP contribution in [0.15, 0.2) is 0 Å². The first-order valence-electron chi connectivity index (χ1n) is 5.57. The van der Waals surface area contributed by atoms with E-state index in [1.807, 2.05) is 0 Å². The lowest BCUT2D eigenvalue weighted by molar-refractivity contribution is -0.932. The molecule has 15 heavy (non-hydrogen) atoms. The average Bonchev–Trinajstić information content (AvgIpc) is 2.00. The van der Waals surface area contributed by atoms with Crippen molar-refractivity contribution in [1.29, 1.82) is 0 Å². The van der Waals surface area contributed by atoms with Crippen LogP contribution in [-0.2, 0) is 4.79 Å². The molecule has 0 fully saturated rings. The van der Waals surface area contributed by atoms with E-state index in [4.69, 9.17) is 6.42 Å². The number of nitrogens with one attached hydrogen (secondary N) is 1. The summed E-state index contributed by atoms with van der Waals surface area (Å²) in [7, 11) is 0. The first-order valence-corrected chi connectivity index (χ1v) is 5.57. The predicted octanol–water partition coefficient (Wildman–Crippen LogP) is 0.918. The number of carbonyl (C=O) groups is 1. The molecule has 0 rings (SSSR count). The Morgan fingerprint density at radius 1 is 1.40 bits per heavy atom. The Balaban J connectivity index is 4.31. The van der Waals surface area contributed by atoms with Crippen LogP contribution in [0.25, 0.3) is 0 Å². The quantitative estimate of drug-likeness (QED) is 0.670. The molecule has 0 aliphatic carbocycles. The smallest absolute Gasteiger partial charge is 0.187 e. The van der Waals surface area contributed by atoms with Gasteiger partial charge in [0.05, 0.1) is 5.54 Å². The van der Waals surface area contributed by atoms with Crippen molar-refractivity contribution < 1.29 is 9.69 Å². The van der Waals surface area contributed by atoms with Gasteiger partial charge in [-0.2, -0.15) is 0 Å². The highest BCUT2D eigenvalue weighted by atomic mass is 16.1. The van der Waals surface area contributed by atoms with Crippen molar-refractivity contribution in [1.82, 2.24) is 0 Å². The number of terminal acetylenes is 1. The zero-order valence-corrected chi connectivity index (χ0v) is 10.7. The molecule has 0 saturated carbocycles. The molecule has 0 aliphatic heterocycles. The maximum Gasteiger partial charge on any atom is 0.187 e. The van der Waals surface area contributed by atoms with Crippen molar-refractivity contribution in [2.24, 2.45) is 5.92 Å². The summed E-state index contributed by atoms with van der Waals surface area (Å²) in [5, 5.41) is 0. The Kier molecular flexibility index (Phi) is 5.60. The summed E-state index contributed by atoms with van der Waals surface area (Å²) in [5.41, 5.74) is 0.0407. The molecule has 86 valence electrons. The summed E-state index contributed by atoms with van der Waals surface area (Å²) in [4.78, 5) is 12.9. The second kappa shape index (κ2) is 5.92. The van der Waals surface area contributed by atoms with E-state index in [9.17, 15) is 4.79 Å². The predicted molar refractivity (Wildman–Crippen MR) is 63.7 cm³/mol. The van der Waals surface area contributed by atoms with Crippen LogP contribution in [0.3, 0.4) is 0 Å². The molecule has 0 saturated heterocycles. The lowest BCUT2D eigenvalue weighted by Gasteiger charge is -2.30. The van der Waals surface area contributed by atoms with Crippen molar-refractivity contribution in [2.45, 2.75) is 46.6 Å². The standard InChI is InChI=1S/C13H23NO/c1-7-8-14(13(4,5)6)10-12(15)9-11(2)3/h1,11H,8-10H2,2-6H3/p+1. The van der Waals surface area contributed by atoms with E-state index in [1.54, 1.807) is 0 Å². The van der Waals surface area contributed by atoms with Crippen LogP contribution < -0.4 is 4.90 Å². The Morgan fingerprint density at radius 3 is 2.27 bits per heavy atom. The first kappa shape index (κ1) is 14.2. The van der Waals surface area contributed by atoms with Crippen molar-refractivity contribution >= 4 is 5.78 Å². The summed E-state index contributed by atoms with van der Waals surface area (Å²) in [5.74, 6) is 3.39. The summed E-state index contributed by atoms with van der Waals surface area (Å²) in [6.45, 7) is 11.6. The van der Waals surface area contributed by atoms with Gasteiger partial charge in [0.25, 0.3) is 0 Å². The molecule has 2 nitrogen and oxygen atoms in total. The van der Waals surface area contributed by atoms with Crippen molar-refractivity contribution in [3.05, 3.63) is 0 Å². The zero-order chi connectivity index (χ0) is 12.1. The van der Waals surface area contributed by atoms with Crippen LogP contribution in [0.1, 0.15) is 41.0 Å². The van der Waals surface area contributed by atoms with E-state index in [-0.39, 0.29) is 5.54 Å². The summed E-state index contributed by atoms with van der Waals surface area (Å²) >= 11 is 0. The number of Topliss-reactive ketones (excluding diaryl/α,β-unsaturated/α-hetero) is 1. The number of hydrogen-bond acceptors (Lipinski definition) is 1. The molecule has 0 aromatic carbocycles. The van der Waals surface area contributed by atoms with Gasteiger partial charge in [0.1, 0.15) is 13.1 Å². The lowest BCUT2D eigenvalue weighted by atomic mass is 10.0. The Morgan fingerprint density at radius 2 is 1.93 bits per heavy atom. The molecule has 0 spiro atoms. The molecule has 0 bridgehead atoms. The van der Waals surface area contributed by atoms with Gasteiger partial charge in [-0.25, -0.2) is 0 Å². The van der Waals surface area contributed by atoms with Crippen LogP contribution >= 0.6 is 0 Å². The van der Waals surface area contributed by atoms with E-state index in [0.29, 0.717) is 31.2 Å². The first-order chi connectivity index (χ1) is 6.77. The maximum atomic E-state index is 11.7. The highest BCUT2D eigenvalue weighted by Gasteiger charge is 2.26. The highest BCUT2D eigenvalue weighted by Crippen LogP contribution is 1.99. The molecule has 0 aromatic rings. The van der Waals surface area contributed by atoms with E-state index in [0.717, 1.165) is 0 Å². The molecule has 1 N–H and O–H groups in total. The number of hydrogen-bond donors (Lipinski definition) is 1. The van der Waals surface area contributed by atoms with Crippen molar-refractivity contribution in [2.75, 3.05) is 13.1 Å². The van der Waals surface area contributed by atoms with Crippen LogP contribution in [0, 0.1) is 18.3 Å². The molecule has 0 aliphatic rings. The lowest BCUT2D eigenvalue weighted by Crippen LogP contribution is -3.19. The number of quaternary nitrogens is 1. The SMILES string of the molecule is C#CC[NH+](CC(=O)CC(C)C)C(C)(C)C. The van der Waals surface area contributed by atoms with E-state index in [2.05, 4.69) is 40.5 Å². The Bertz CT molecular complexity index is 242. The zero-order valence-electron chi connectivity index (χ0n) is 10.7. The minimum absolute atomic E-state index is 0.0407. The molecular formula is C13H24NO+. The van der Waals surface area contributed by atoms with E-state index < -0.39 is 0 Å². The highest BCUT2D eigenvalue weighted by molar-refractivity contribution is 5.79. The van der Waals surface area contributed by atoms with Gasteiger partial charge in [-0.15, -0.1) is 6.42 Å². The van der Waals surface area contributed by atoms with Gasteiger partial charge in [-0.05, 0) is 32.6 Å². The summed E-state index contributed by atoms with van der Waals surface area (Å²) < 4.78 is 0. The van der Waals surface area contributed by atoms with Crippen molar-refractivity contribution in [3.8, 4) is 12.3 Å². The third-order valence-corrected chi connectivity index (χ3v) is 2.42. The van der Waals surface area contributed by atoms with Gasteiger partial charge in [0.2, 0.25) is 0 Å². The van der Waals surface area contributed by atoms with Crippen LogP contribution in [0.5, 0.6) is 0 Å². The molecule has 1 unspecified atom stereocenters. The van der Waals surface area contributed by atoms with Crippen LogP contribution in [0.4, 0.5) is 0 Å². The number of ketones is 1. The van der Waals surface area contributed by atoms with Gasteiger partial charge in [-0.3, -0.25) is 4.79 Å². The molecule has 0 heterocycles. The van der Waals surface area contributed by atoms with Crippen molar-refractivity contribution in [3.63, 3.8) is 0 Å². The topological polar surface area (TPSA) is 21.5 Å². The fourth-order valence-electron chi connectivity index (χ4n) is 1.48. The van der Waals surface area contributed by atoms with Gasteiger partial charge in [0.15, 0.2) is 5.78 Å². The molecular weight excluding hydrogens is 186 g/mol. The normalized spacial score (nSPS) is 13.7. The van der Waals surface area contributed by atoms with Gasteiger partial charge in [-0.1, -0.05) is 13.8 Å². The molecule has 0 amide bonds. The fraction of sp³-hybridized carbons (Fsp3) is 0.769. The van der Waals surface area contributed by atoms with E-state index >= 15 is 0 Å². The molecule has 0 radical (unpaired) electrons. The molecule has 2 heteroatoms. The molecule has 0 aromatic heterocycles. The minimum atomic E-state index is 0.0407. The Hall–Kier alpha value is -0.810. The number of carbonyl (C=O) groups excluding carboxylic acids is 1. The second-order valence-electron chi connectivity index (χ2n) is 5.55. The van der Waals surface area contributed by atoms with Crippen LogP contribution in [0.2, 0.25) is 0 Å². The third kappa shape index (κ3) is 6.30. The number of rotatable bonds is 5. The summed E-state index contributed by atoms with van der Waals surface area (Å²) in [6.07, 6.45) is 5.98. The Labute approximate surface area is 94.0 Å². The van der Waals surface area contributed by atoms with Crippen LogP contribution in [-0.4, -0.2) is 24.4 Å².